The molecular weight excluding hydrogens is 546 g/mol. The first kappa shape index (κ1) is 28.8. The van der Waals surface area contributed by atoms with Gasteiger partial charge in [0.15, 0.2) is 5.65 Å². The number of ether oxygens (including phenoxy) is 2. The van der Waals surface area contributed by atoms with Crippen molar-refractivity contribution in [3.8, 4) is 0 Å². The van der Waals surface area contributed by atoms with Crippen molar-refractivity contribution >= 4 is 23.4 Å². The average Bonchev–Trinajstić information content (AvgIpc) is 3.38. The maximum atomic E-state index is 12.6. The number of hydrogen-bond acceptors (Lipinski definition) is 7. The van der Waals surface area contributed by atoms with Gasteiger partial charge in [0.1, 0.15) is 17.9 Å². The number of Topliss-reactive ketones (excluding diaryl/α,β-unsaturated/α-hetero) is 1. The average molecular weight is 592 g/mol. The summed E-state index contributed by atoms with van der Waals surface area (Å²) in [7, 11) is 0. The van der Waals surface area contributed by atoms with Crippen LogP contribution in [-0.2, 0) is 24.5 Å². The number of carbonyl (C=O) groups is 3. The van der Waals surface area contributed by atoms with Crippen LogP contribution in [0.5, 0.6) is 0 Å². The molecule has 9 heteroatoms. The van der Waals surface area contributed by atoms with E-state index in [4.69, 9.17) is 14.5 Å². The highest BCUT2D eigenvalue weighted by Gasteiger charge is 2.55. The molecule has 2 heterocycles. The minimum absolute atomic E-state index is 0.000000000000000444. The number of H-pyrrole nitrogens is 1. The lowest BCUT2D eigenvalue weighted by Crippen LogP contribution is -2.50. The van der Waals surface area contributed by atoms with Gasteiger partial charge in [0, 0.05) is 23.0 Å². The van der Waals surface area contributed by atoms with Gasteiger partial charge in [0.05, 0.1) is 18.9 Å². The standard InChI is InChI=1S/C19H23N3O3.C15H22O3/c1-2-25-18(24)14-6-16-20-15(7-17(23)22(16)21-14)19-8-11-3-12(9-19)5-13(4-11)10-19;1-2-18-14(17)6-13(16)15-7-10-3-11(8-15)5-12(4-10)9-15/h6-7,11-13,21H,2-5,8-10H2,1H3;10-12H,2-9H2,1H3. The maximum absolute atomic E-state index is 12.6. The van der Waals surface area contributed by atoms with Crippen LogP contribution in [0.25, 0.3) is 5.65 Å². The topological polar surface area (TPSA) is 120 Å². The minimum atomic E-state index is -0.455. The fourth-order valence-electron chi connectivity index (χ4n) is 11.0. The molecule has 8 fully saturated rings. The fraction of sp³-hybridized carbons (Fsp3) is 0.735. The zero-order valence-corrected chi connectivity index (χ0v) is 25.6. The van der Waals surface area contributed by atoms with Crippen LogP contribution in [-0.4, -0.2) is 45.5 Å². The highest BCUT2D eigenvalue weighted by Crippen LogP contribution is 2.61. The van der Waals surface area contributed by atoms with Crippen LogP contribution in [0.15, 0.2) is 16.9 Å². The first-order chi connectivity index (χ1) is 20.7. The summed E-state index contributed by atoms with van der Waals surface area (Å²) in [6.07, 6.45) is 14.7. The van der Waals surface area contributed by atoms with Crippen LogP contribution < -0.4 is 5.56 Å². The Morgan fingerprint density at radius 1 is 0.814 bits per heavy atom. The molecule has 2 aromatic heterocycles. The van der Waals surface area contributed by atoms with E-state index in [1.807, 2.05) is 0 Å². The van der Waals surface area contributed by atoms with Gasteiger partial charge in [0.25, 0.3) is 5.56 Å². The van der Waals surface area contributed by atoms with E-state index in [9.17, 15) is 19.2 Å². The van der Waals surface area contributed by atoms with E-state index in [2.05, 4.69) is 5.10 Å². The SMILES string of the molecule is CCOC(=O)CC(=O)C12CC3CC(CC(C3)C1)C2.CCOC(=O)c1cc2nc(C34CC5CC(CC(C5)C3)C4)cc(=O)n2[nH]1. The quantitative estimate of drug-likeness (QED) is 0.339. The van der Waals surface area contributed by atoms with Crippen molar-refractivity contribution in [1.82, 2.24) is 14.6 Å². The Labute approximate surface area is 252 Å². The van der Waals surface area contributed by atoms with Gasteiger partial charge in [-0.15, -0.1) is 0 Å². The molecule has 1 N–H and O–H groups in total. The molecular formula is C34H45N3O6. The normalized spacial score (nSPS) is 36.3. The lowest BCUT2D eigenvalue weighted by atomic mass is 9.48. The van der Waals surface area contributed by atoms with E-state index in [-0.39, 0.29) is 40.3 Å². The molecule has 0 aliphatic heterocycles. The summed E-state index contributed by atoms with van der Waals surface area (Å²) < 4.78 is 11.3. The lowest BCUT2D eigenvalue weighted by Gasteiger charge is -2.56. The molecule has 0 atom stereocenters. The largest absolute Gasteiger partial charge is 0.466 e. The van der Waals surface area contributed by atoms with E-state index in [1.54, 1.807) is 26.0 Å². The number of ketones is 1. The second-order valence-electron chi connectivity index (χ2n) is 14.9. The van der Waals surface area contributed by atoms with Crippen molar-refractivity contribution in [2.75, 3.05) is 13.2 Å². The van der Waals surface area contributed by atoms with Crippen LogP contribution in [0.4, 0.5) is 0 Å². The van der Waals surface area contributed by atoms with Gasteiger partial charge in [-0.05, 0) is 126 Å². The van der Waals surface area contributed by atoms with E-state index in [1.165, 1.54) is 43.0 Å². The molecule has 0 spiro atoms. The van der Waals surface area contributed by atoms with E-state index in [0.717, 1.165) is 79.7 Å². The third-order valence-electron chi connectivity index (χ3n) is 11.8. The van der Waals surface area contributed by atoms with Gasteiger partial charge in [-0.3, -0.25) is 19.5 Å². The summed E-state index contributed by atoms with van der Waals surface area (Å²) in [6.45, 7) is 4.21. The first-order valence-corrected chi connectivity index (χ1v) is 16.7. The van der Waals surface area contributed by atoms with Crippen molar-refractivity contribution in [3.05, 3.63) is 33.9 Å². The third kappa shape index (κ3) is 5.24. The number of hydrogen-bond donors (Lipinski definition) is 1. The van der Waals surface area contributed by atoms with Crippen LogP contribution in [0, 0.1) is 40.9 Å². The number of esters is 2. The molecule has 0 amide bonds. The van der Waals surface area contributed by atoms with Crippen molar-refractivity contribution in [2.24, 2.45) is 40.9 Å². The zero-order valence-electron chi connectivity index (χ0n) is 25.6. The molecule has 43 heavy (non-hydrogen) atoms. The number of nitrogens with one attached hydrogen (secondary N) is 1. The minimum Gasteiger partial charge on any atom is -0.466 e. The molecule has 0 saturated heterocycles. The van der Waals surface area contributed by atoms with Gasteiger partial charge in [-0.1, -0.05) is 0 Å². The molecule has 2 aromatic rings. The molecule has 9 nitrogen and oxygen atoms in total. The highest BCUT2D eigenvalue weighted by molar-refractivity contribution is 5.99. The van der Waals surface area contributed by atoms with Gasteiger partial charge in [-0.25, -0.2) is 14.3 Å². The number of rotatable bonds is 7. The number of carbonyl (C=O) groups excluding carboxylic acids is 3. The highest BCUT2D eigenvalue weighted by atomic mass is 16.5. The van der Waals surface area contributed by atoms with Crippen LogP contribution in [0.3, 0.4) is 0 Å². The van der Waals surface area contributed by atoms with E-state index >= 15 is 0 Å². The lowest BCUT2D eigenvalue weighted by molar-refractivity contribution is -0.153. The van der Waals surface area contributed by atoms with Gasteiger partial charge < -0.3 is 9.47 Å². The molecule has 8 aliphatic carbocycles. The zero-order chi connectivity index (χ0) is 29.9. The molecule has 0 unspecified atom stereocenters. The number of nitrogens with zero attached hydrogens (tertiary/aromatic N) is 2. The van der Waals surface area contributed by atoms with Crippen LogP contribution in [0.1, 0.15) is 114 Å². The smallest absolute Gasteiger partial charge is 0.356 e. The van der Waals surface area contributed by atoms with E-state index < -0.39 is 5.97 Å². The molecule has 8 bridgehead atoms. The summed E-state index contributed by atoms with van der Waals surface area (Å²) >= 11 is 0. The predicted octanol–water partition coefficient (Wildman–Crippen LogP) is 5.39. The second-order valence-corrected chi connectivity index (χ2v) is 14.9. The summed E-state index contributed by atoms with van der Waals surface area (Å²) in [5.74, 6) is 4.03. The number of aromatic nitrogens is 3. The monoisotopic (exact) mass is 591 g/mol. The van der Waals surface area contributed by atoms with Crippen LogP contribution in [0.2, 0.25) is 0 Å². The van der Waals surface area contributed by atoms with Crippen molar-refractivity contribution < 1.29 is 23.9 Å². The molecule has 8 aliphatic rings. The Hall–Kier alpha value is -2.97. The molecule has 232 valence electrons. The van der Waals surface area contributed by atoms with Crippen molar-refractivity contribution in [3.63, 3.8) is 0 Å². The molecule has 0 aromatic carbocycles. The van der Waals surface area contributed by atoms with Crippen LogP contribution >= 0.6 is 0 Å². The molecule has 8 saturated carbocycles. The Kier molecular flexibility index (Phi) is 7.28. The van der Waals surface area contributed by atoms with E-state index in [0.29, 0.717) is 18.9 Å². The Morgan fingerprint density at radius 2 is 1.33 bits per heavy atom. The Morgan fingerprint density at radius 3 is 1.84 bits per heavy atom. The maximum Gasteiger partial charge on any atom is 0.356 e. The summed E-state index contributed by atoms with van der Waals surface area (Å²) in [5.41, 5.74) is 1.50. The Balaban J connectivity index is 0.000000148. The Bertz CT molecular complexity index is 1420. The summed E-state index contributed by atoms with van der Waals surface area (Å²) in [6, 6.07) is 3.31. The number of fused-ring (bicyclic) bond motifs is 1. The summed E-state index contributed by atoms with van der Waals surface area (Å²) in [5, 5.41) is 2.82. The third-order valence-corrected chi connectivity index (χ3v) is 11.8. The first-order valence-electron chi connectivity index (χ1n) is 16.7. The van der Waals surface area contributed by atoms with Gasteiger partial charge in [0.2, 0.25) is 0 Å². The van der Waals surface area contributed by atoms with Crippen molar-refractivity contribution in [1.29, 1.82) is 0 Å². The van der Waals surface area contributed by atoms with Crippen molar-refractivity contribution in [2.45, 2.75) is 103 Å². The molecule has 10 rings (SSSR count). The predicted molar refractivity (Wildman–Crippen MR) is 158 cm³/mol. The van der Waals surface area contributed by atoms with Gasteiger partial charge in [-0.2, -0.15) is 0 Å². The number of aromatic amines is 1. The second kappa shape index (κ2) is 10.9. The fourth-order valence-corrected chi connectivity index (χ4v) is 11.0. The van der Waals surface area contributed by atoms with Gasteiger partial charge >= 0.3 is 11.9 Å². The summed E-state index contributed by atoms with van der Waals surface area (Å²) in [4.78, 5) is 53.4. The molecule has 0 radical (unpaired) electrons.